The summed E-state index contributed by atoms with van der Waals surface area (Å²) in [6, 6.07) is 0. The summed E-state index contributed by atoms with van der Waals surface area (Å²) in [5.41, 5.74) is 0. The van der Waals surface area contributed by atoms with Crippen LogP contribution in [0.5, 0.6) is 0 Å². The maximum atomic E-state index is 8.70. The minimum atomic E-state index is -0.737. The molecule has 2 atom stereocenters. The average Bonchev–Trinajstić information content (AvgIpc) is 1.64. The molecule has 1 aliphatic rings. The van der Waals surface area contributed by atoms with E-state index < -0.39 is 12.6 Å². The molecule has 0 aromatic carbocycles. The Morgan fingerprint density at radius 2 is 1.62 bits per heavy atom. The molecule has 0 aliphatic carbocycles. The third kappa shape index (κ3) is 1.43. The summed E-state index contributed by atoms with van der Waals surface area (Å²) < 4.78 is 4.60. The van der Waals surface area contributed by atoms with Crippen LogP contribution < -0.4 is 0 Å². The summed E-state index contributed by atoms with van der Waals surface area (Å²) in [5.74, 6) is 0. The highest BCUT2D eigenvalue weighted by Gasteiger charge is 2.16. The first-order valence-electron chi connectivity index (χ1n) is 2.80. The van der Waals surface area contributed by atoms with Gasteiger partial charge in [0.25, 0.3) is 0 Å². The van der Waals surface area contributed by atoms with E-state index in [-0.39, 0.29) is 0 Å². The lowest BCUT2D eigenvalue weighted by Crippen LogP contribution is -2.26. The molecule has 48 valence electrons. The molecule has 2 N–H and O–H groups in total. The molecule has 1 rings (SSSR count). The Labute approximate surface area is 47.9 Å². The minimum absolute atomic E-state index is 0.650. The van der Waals surface area contributed by atoms with Gasteiger partial charge < -0.3 is 14.9 Å². The molecule has 1 heterocycles. The van der Waals surface area contributed by atoms with Gasteiger partial charge in [-0.2, -0.15) is 0 Å². The Morgan fingerprint density at radius 1 is 1.12 bits per heavy atom. The Hall–Kier alpha value is -0.120. The molecule has 8 heavy (non-hydrogen) atoms. The molecule has 3 heteroatoms. The lowest BCUT2D eigenvalue weighted by atomic mass is 10.2. The van der Waals surface area contributed by atoms with Crippen LogP contribution >= 0.6 is 0 Å². The van der Waals surface area contributed by atoms with Crippen LogP contribution in [0.2, 0.25) is 0 Å². The topological polar surface area (TPSA) is 49.7 Å². The van der Waals surface area contributed by atoms with E-state index in [4.69, 9.17) is 10.2 Å². The van der Waals surface area contributed by atoms with E-state index in [0.717, 1.165) is 6.42 Å². The Kier molecular flexibility index (Phi) is 1.83. The summed E-state index contributed by atoms with van der Waals surface area (Å²) in [5, 5.41) is 17.4. The van der Waals surface area contributed by atoms with Crippen molar-refractivity contribution < 1.29 is 14.9 Å². The van der Waals surface area contributed by atoms with Crippen LogP contribution in [-0.2, 0) is 4.74 Å². The normalized spacial score (nSPS) is 39.8. The molecule has 0 amide bonds. The number of rotatable bonds is 0. The maximum absolute atomic E-state index is 8.70. The molecule has 0 bridgehead atoms. The molecule has 0 radical (unpaired) electrons. The number of aliphatic hydroxyl groups is 2. The number of hydrogen-bond donors (Lipinski definition) is 2. The molecule has 1 aliphatic heterocycles. The number of hydrogen-bond acceptors (Lipinski definition) is 3. The van der Waals surface area contributed by atoms with Crippen LogP contribution in [0, 0.1) is 0 Å². The molecule has 0 aromatic rings. The van der Waals surface area contributed by atoms with Crippen molar-refractivity contribution in [2.24, 2.45) is 0 Å². The van der Waals surface area contributed by atoms with Crippen molar-refractivity contribution in [2.45, 2.75) is 31.8 Å². The van der Waals surface area contributed by atoms with Crippen LogP contribution in [0.1, 0.15) is 19.3 Å². The third-order valence-electron chi connectivity index (χ3n) is 1.22. The van der Waals surface area contributed by atoms with Crippen LogP contribution in [0.4, 0.5) is 0 Å². The zero-order chi connectivity index (χ0) is 5.98. The molecule has 1 fully saturated rings. The molecular weight excluding hydrogens is 108 g/mol. The van der Waals surface area contributed by atoms with E-state index in [1.54, 1.807) is 0 Å². The number of ether oxygens (including phenoxy) is 1. The highest BCUT2D eigenvalue weighted by Crippen LogP contribution is 2.14. The van der Waals surface area contributed by atoms with Gasteiger partial charge in [-0.3, -0.25) is 0 Å². The fraction of sp³-hybridized carbons (Fsp3) is 1.00. The van der Waals surface area contributed by atoms with Crippen molar-refractivity contribution in [2.75, 3.05) is 0 Å². The standard InChI is InChI=1S/C5H10O3/c6-4-2-1-3-5(7)8-4/h4-7H,1-3H2/t4-,5+. The van der Waals surface area contributed by atoms with E-state index in [1.807, 2.05) is 0 Å². The highest BCUT2D eigenvalue weighted by atomic mass is 16.7. The van der Waals surface area contributed by atoms with Gasteiger partial charge in [-0.15, -0.1) is 0 Å². The van der Waals surface area contributed by atoms with Gasteiger partial charge in [-0.05, 0) is 19.3 Å². The van der Waals surface area contributed by atoms with Gasteiger partial charge in [-0.1, -0.05) is 0 Å². The van der Waals surface area contributed by atoms with Crippen molar-refractivity contribution in [3.8, 4) is 0 Å². The monoisotopic (exact) mass is 118 g/mol. The first-order chi connectivity index (χ1) is 3.79. The van der Waals surface area contributed by atoms with Gasteiger partial charge in [0.05, 0.1) is 0 Å². The second-order valence-electron chi connectivity index (χ2n) is 1.98. The third-order valence-corrected chi connectivity index (χ3v) is 1.22. The molecule has 0 aromatic heterocycles. The van der Waals surface area contributed by atoms with E-state index in [0.29, 0.717) is 12.8 Å². The van der Waals surface area contributed by atoms with Crippen LogP contribution in [0.25, 0.3) is 0 Å². The van der Waals surface area contributed by atoms with Crippen molar-refractivity contribution in [3.05, 3.63) is 0 Å². The second kappa shape index (κ2) is 2.44. The summed E-state index contributed by atoms with van der Waals surface area (Å²) in [6.45, 7) is 0. The summed E-state index contributed by atoms with van der Waals surface area (Å²) >= 11 is 0. The summed E-state index contributed by atoms with van der Waals surface area (Å²) in [7, 11) is 0. The molecular formula is C5H10O3. The van der Waals surface area contributed by atoms with E-state index in [9.17, 15) is 0 Å². The Morgan fingerprint density at radius 3 is 1.88 bits per heavy atom. The van der Waals surface area contributed by atoms with Crippen molar-refractivity contribution in [1.29, 1.82) is 0 Å². The van der Waals surface area contributed by atoms with Gasteiger partial charge in [0.15, 0.2) is 12.6 Å². The molecule has 3 nitrogen and oxygen atoms in total. The highest BCUT2D eigenvalue weighted by molar-refractivity contribution is 4.54. The lowest BCUT2D eigenvalue weighted by Gasteiger charge is -2.21. The molecule has 0 saturated carbocycles. The molecule has 0 spiro atoms. The van der Waals surface area contributed by atoms with Gasteiger partial charge in [-0.25, -0.2) is 0 Å². The first kappa shape index (κ1) is 6.01. The average molecular weight is 118 g/mol. The maximum Gasteiger partial charge on any atom is 0.157 e. The number of aliphatic hydroxyl groups excluding tert-OH is 2. The molecule has 0 unspecified atom stereocenters. The van der Waals surface area contributed by atoms with Gasteiger partial charge >= 0.3 is 0 Å². The largest absolute Gasteiger partial charge is 0.368 e. The SMILES string of the molecule is O[C@@H]1CCC[C@H](O)O1. The first-order valence-corrected chi connectivity index (χ1v) is 2.80. The molecule has 1 saturated heterocycles. The van der Waals surface area contributed by atoms with Crippen molar-refractivity contribution in [1.82, 2.24) is 0 Å². The van der Waals surface area contributed by atoms with E-state index in [1.165, 1.54) is 0 Å². The predicted molar refractivity (Wildman–Crippen MR) is 26.9 cm³/mol. The fourth-order valence-corrected chi connectivity index (χ4v) is 0.784. The quantitative estimate of drug-likeness (QED) is 0.464. The van der Waals surface area contributed by atoms with Crippen molar-refractivity contribution >= 4 is 0 Å². The van der Waals surface area contributed by atoms with Crippen LogP contribution in [0.3, 0.4) is 0 Å². The zero-order valence-electron chi connectivity index (χ0n) is 4.58. The van der Waals surface area contributed by atoms with Crippen LogP contribution in [0.15, 0.2) is 0 Å². The van der Waals surface area contributed by atoms with Gasteiger partial charge in [0.1, 0.15) is 0 Å². The van der Waals surface area contributed by atoms with Crippen LogP contribution in [-0.4, -0.2) is 22.8 Å². The van der Waals surface area contributed by atoms with Crippen molar-refractivity contribution in [3.63, 3.8) is 0 Å². The summed E-state index contributed by atoms with van der Waals surface area (Å²) in [6.07, 6.45) is 0.675. The van der Waals surface area contributed by atoms with Gasteiger partial charge in [0.2, 0.25) is 0 Å². The zero-order valence-corrected chi connectivity index (χ0v) is 4.58. The Balaban J connectivity index is 2.23. The van der Waals surface area contributed by atoms with Gasteiger partial charge in [0, 0.05) is 0 Å². The van der Waals surface area contributed by atoms with E-state index in [2.05, 4.69) is 4.74 Å². The Bertz CT molecular complexity index is 66.1. The van der Waals surface area contributed by atoms with E-state index >= 15 is 0 Å². The second-order valence-corrected chi connectivity index (χ2v) is 1.98. The predicted octanol–water partition coefficient (Wildman–Crippen LogP) is -0.176. The smallest absolute Gasteiger partial charge is 0.157 e. The minimum Gasteiger partial charge on any atom is -0.368 e. The summed E-state index contributed by atoms with van der Waals surface area (Å²) in [4.78, 5) is 0. The fourth-order valence-electron chi connectivity index (χ4n) is 0.784. The lowest BCUT2D eigenvalue weighted by molar-refractivity contribution is -0.231.